The van der Waals surface area contributed by atoms with Crippen LogP contribution in [0.15, 0.2) is 24.5 Å². The minimum Gasteiger partial charge on any atom is -0.397 e. The molecule has 6 N–H and O–H groups in total. The van der Waals surface area contributed by atoms with Gasteiger partial charge < -0.3 is 17.2 Å². The van der Waals surface area contributed by atoms with Crippen molar-refractivity contribution in [3.63, 3.8) is 0 Å². The third-order valence-electron chi connectivity index (χ3n) is 1.96. The van der Waals surface area contributed by atoms with Crippen molar-refractivity contribution in [2.24, 2.45) is 0 Å². The third-order valence-corrected chi connectivity index (χ3v) is 3.68. The number of nitrogens with zero attached hydrogens (tertiary/aromatic N) is 3. The van der Waals surface area contributed by atoms with E-state index >= 15 is 0 Å². The van der Waals surface area contributed by atoms with E-state index in [9.17, 15) is 10.1 Å². The van der Waals surface area contributed by atoms with Crippen molar-refractivity contribution in [1.29, 1.82) is 0 Å². The molecule has 0 atom stereocenters. The van der Waals surface area contributed by atoms with Crippen molar-refractivity contribution in [3.05, 3.63) is 41.8 Å². The predicted molar refractivity (Wildman–Crippen MR) is 93.8 cm³/mol. The molecule has 0 unspecified atom stereocenters. The molecule has 0 bridgehead atoms. The number of halogens is 2. The van der Waals surface area contributed by atoms with E-state index in [-0.39, 0.29) is 5.69 Å². The van der Waals surface area contributed by atoms with Crippen molar-refractivity contribution in [2.45, 2.75) is 0 Å². The second-order valence-electron chi connectivity index (χ2n) is 3.45. The lowest BCUT2D eigenvalue weighted by Crippen LogP contribution is -1.96. The fraction of sp³-hybridized carbons (Fsp3) is 0. The quantitative estimate of drug-likeness (QED) is 0.309. The van der Waals surface area contributed by atoms with Crippen LogP contribution in [0.3, 0.4) is 0 Å². The standard InChI is InChI=1S/C5H4IN3O2.C5H6IN3/c6-4-1-3(9(10)11)2-8-5(4)7;6-4-1-3(7)2-9-5(4)8/h1-2H,(H2,7,8);1-2H,7H2,(H2,8,9). The molecule has 2 rings (SSSR count). The van der Waals surface area contributed by atoms with E-state index in [0.717, 1.165) is 9.77 Å². The zero-order valence-electron chi connectivity index (χ0n) is 9.96. The number of aromatic nitrogens is 2. The zero-order valence-corrected chi connectivity index (χ0v) is 14.3. The number of nitro groups is 1. The summed E-state index contributed by atoms with van der Waals surface area (Å²) in [5.74, 6) is 0.848. The van der Waals surface area contributed by atoms with Crippen LogP contribution in [0.2, 0.25) is 0 Å². The Kier molecular flexibility index (Phi) is 6.12. The normalized spacial score (nSPS) is 9.50. The minimum atomic E-state index is -0.505. The van der Waals surface area contributed by atoms with Crippen molar-refractivity contribution < 1.29 is 4.92 Å². The predicted octanol–water partition coefficient (Wildman–Crippen LogP) is 2.03. The fourth-order valence-electron chi connectivity index (χ4n) is 1.00. The summed E-state index contributed by atoms with van der Waals surface area (Å²) in [6.45, 7) is 0. The summed E-state index contributed by atoms with van der Waals surface area (Å²) in [7, 11) is 0. The molecule has 106 valence electrons. The van der Waals surface area contributed by atoms with Gasteiger partial charge >= 0.3 is 0 Å². The van der Waals surface area contributed by atoms with Gasteiger partial charge in [-0.05, 0) is 51.2 Å². The third kappa shape index (κ3) is 4.92. The average Bonchev–Trinajstić information content (AvgIpc) is 2.38. The van der Waals surface area contributed by atoms with Gasteiger partial charge in [0.2, 0.25) is 0 Å². The Morgan fingerprint density at radius 2 is 1.50 bits per heavy atom. The summed E-state index contributed by atoms with van der Waals surface area (Å²) in [5, 5.41) is 10.2. The smallest absolute Gasteiger partial charge is 0.288 e. The molecule has 2 aromatic heterocycles. The Bertz CT molecular complexity index is 637. The molecule has 8 nitrogen and oxygen atoms in total. The molecule has 2 aromatic rings. The van der Waals surface area contributed by atoms with Gasteiger partial charge in [-0.3, -0.25) is 10.1 Å². The summed E-state index contributed by atoms with van der Waals surface area (Å²) in [4.78, 5) is 17.1. The van der Waals surface area contributed by atoms with Crippen LogP contribution in [0.5, 0.6) is 0 Å². The lowest BCUT2D eigenvalue weighted by atomic mass is 10.4. The lowest BCUT2D eigenvalue weighted by molar-refractivity contribution is -0.385. The van der Waals surface area contributed by atoms with Gasteiger partial charge in [0.25, 0.3) is 5.69 Å². The van der Waals surface area contributed by atoms with Crippen LogP contribution in [-0.4, -0.2) is 14.9 Å². The Balaban J connectivity index is 0.000000204. The highest BCUT2D eigenvalue weighted by Gasteiger charge is 2.07. The van der Waals surface area contributed by atoms with E-state index in [1.807, 2.05) is 22.6 Å². The van der Waals surface area contributed by atoms with E-state index in [1.54, 1.807) is 6.07 Å². The van der Waals surface area contributed by atoms with Gasteiger partial charge in [0.05, 0.1) is 23.9 Å². The van der Waals surface area contributed by atoms with Gasteiger partial charge in [-0.2, -0.15) is 0 Å². The molecule has 0 saturated heterocycles. The molecular weight excluding hydrogens is 490 g/mol. The molecule has 0 fully saturated rings. The number of hydrogen-bond acceptors (Lipinski definition) is 7. The second-order valence-corrected chi connectivity index (χ2v) is 5.78. The Labute approximate surface area is 141 Å². The van der Waals surface area contributed by atoms with Gasteiger partial charge in [-0.25, -0.2) is 9.97 Å². The zero-order chi connectivity index (χ0) is 15.3. The molecule has 0 spiro atoms. The molecule has 0 aliphatic carbocycles. The molecule has 0 aliphatic heterocycles. The average molecular weight is 500 g/mol. The van der Waals surface area contributed by atoms with Crippen LogP contribution in [0.25, 0.3) is 0 Å². The van der Waals surface area contributed by atoms with Gasteiger partial charge in [0, 0.05) is 6.07 Å². The number of nitrogen functional groups attached to an aromatic ring is 3. The molecule has 0 aliphatic rings. The first-order valence-electron chi connectivity index (χ1n) is 5.03. The van der Waals surface area contributed by atoms with Gasteiger partial charge in [-0.15, -0.1) is 0 Å². The first kappa shape index (κ1) is 16.6. The Morgan fingerprint density at radius 1 is 1.00 bits per heavy atom. The van der Waals surface area contributed by atoms with Gasteiger partial charge in [-0.1, -0.05) is 0 Å². The van der Waals surface area contributed by atoms with Crippen molar-refractivity contribution in [3.8, 4) is 0 Å². The molecule has 20 heavy (non-hydrogen) atoms. The monoisotopic (exact) mass is 500 g/mol. The highest BCUT2D eigenvalue weighted by molar-refractivity contribution is 14.1. The number of nitrogens with two attached hydrogens (primary N) is 3. The van der Waals surface area contributed by atoms with Crippen LogP contribution in [-0.2, 0) is 0 Å². The van der Waals surface area contributed by atoms with Crippen LogP contribution in [0, 0.1) is 17.3 Å². The molecular formula is C10H10I2N6O2. The van der Waals surface area contributed by atoms with Crippen LogP contribution in [0.1, 0.15) is 0 Å². The van der Waals surface area contributed by atoms with E-state index in [4.69, 9.17) is 17.2 Å². The van der Waals surface area contributed by atoms with Crippen LogP contribution < -0.4 is 17.2 Å². The maximum Gasteiger partial charge on any atom is 0.288 e. The first-order chi connectivity index (χ1) is 9.31. The minimum absolute atomic E-state index is 0.0383. The number of hydrogen-bond donors (Lipinski definition) is 3. The van der Waals surface area contributed by atoms with Crippen molar-refractivity contribution >= 4 is 68.2 Å². The Morgan fingerprint density at radius 3 is 1.90 bits per heavy atom. The number of anilines is 3. The SMILES string of the molecule is Nc1cnc(N)c(I)c1.Nc1ncc([N+](=O)[O-])cc1I. The molecule has 2 heterocycles. The summed E-state index contributed by atoms with van der Waals surface area (Å²) in [6, 6.07) is 3.16. The largest absolute Gasteiger partial charge is 0.397 e. The summed E-state index contributed by atoms with van der Waals surface area (Å²) >= 11 is 3.97. The van der Waals surface area contributed by atoms with E-state index in [1.165, 1.54) is 12.3 Å². The summed E-state index contributed by atoms with van der Waals surface area (Å²) < 4.78 is 1.49. The Hall–Kier alpha value is -1.44. The second kappa shape index (κ2) is 7.37. The molecule has 0 saturated carbocycles. The van der Waals surface area contributed by atoms with Crippen LogP contribution in [0.4, 0.5) is 23.0 Å². The highest BCUT2D eigenvalue weighted by atomic mass is 127. The maximum absolute atomic E-state index is 10.2. The van der Waals surface area contributed by atoms with Gasteiger partial charge in [0.1, 0.15) is 17.8 Å². The summed E-state index contributed by atoms with van der Waals surface area (Å²) in [5.41, 5.74) is 16.8. The highest BCUT2D eigenvalue weighted by Crippen LogP contribution is 2.17. The topological polar surface area (TPSA) is 147 Å². The number of pyridine rings is 2. The first-order valence-corrected chi connectivity index (χ1v) is 7.19. The summed E-state index contributed by atoms with van der Waals surface area (Å²) in [6.07, 6.45) is 2.68. The maximum atomic E-state index is 10.2. The van der Waals surface area contributed by atoms with E-state index in [0.29, 0.717) is 20.9 Å². The fourth-order valence-corrected chi connectivity index (χ4v) is 1.96. The van der Waals surface area contributed by atoms with E-state index < -0.39 is 4.92 Å². The molecule has 10 heteroatoms. The van der Waals surface area contributed by atoms with Crippen molar-refractivity contribution in [1.82, 2.24) is 9.97 Å². The lowest BCUT2D eigenvalue weighted by Gasteiger charge is -1.95. The molecule has 0 aromatic carbocycles. The number of rotatable bonds is 1. The van der Waals surface area contributed by atoms with Crippen LogP contribution >= 0.6 is 45.2 Å². The molecule has 0 radical (unpaired) electrons. The van der Waals surface area contributed by atoms with Gasteiger partial charge in [0.15, 0.2) is 0 Å². The van der Waals surface area contributed by atoms with Crippen molar-refractivity contribution in [2.75, 3.05) is 17.2 Å². The molecule has 0 amide bonds. The van der Waals surface area contributed by atoms with E-state index in [2.05, 4.69) is 32.6 Å².